The van der Waals surface area contributed by atoms with Gasteiger partial charge >= 0.3 is 0 Å². The molecule has 4 heteroatoms. The molecule has 2 aromatic carbocycles. The molecule has 0 aliphatic carbocycles. The second kappa shape index (κ2) is 6.37. The fraction of sp³-hybridized carbons (Fsp3) is 0.250. The molecule has 0 spiro atoms. The lowest BCUT2D eigenvalue weighted by Gasteiger charge is -2.21. The molecule has 0 amide bonds. The van der Waals surface area contributed by atoms with Crippen LogP contribution in [0.15, 0.2) is 46.9 Å². The number of halogens is 2. The smallest absolute Gasteiger partial charge is 0.146 e. The lowest BCUT2D eigenvalue weighted by molar-refractivity contribution is 0.617. The molecule has 0 saturated carbocycles. The molecule has 0 aliphatic rings. The second-order valence-electron chi connectivity index (χ2n) is 4.99. The molecule has 0 fully saturated rings. The maximum atomic E-state index is 14.1. The van der Waals surface area contributed by atoms with Crippen LogP contribution in [0, 0.1) is 5.82 Å². The van der Waals surface area contributed by atoms with Crippen molar-refractivity contribution in [2.24, 2.45) is 5.73 Å². The first-order valence-electron chi connectivity index (χ1n) is 6.48. The quantitative estimate of drug-likeness (QED) is 0.904. The molecule has 20 heavy (non-hydrogen) atoms. The van der Waals surface area contributed by atoms with E-state index < -0.39 is 0 Å². The number of rotatable bonds is 4. The minimum Gasteiger partial charge on any atom is -0.368 e. The van der Waals surface area contributed by atoms with E-state index in [0.717, 1.165) is 15.6 Å². The minimum absolute atomic E-state index is 0.158. The minimum atomic E-state index is -0.239. The number of hydrogen-bond acceptors (Lipinski definition) is 2. The maximum Gasteiger partial charge on any atom is 0.146 e. The van der Waals surface area contributed by atoms with E-state index in [2.05, 4.69) is 15.9 Å². The zero-order chi connectivity index (χ0) is 14.7. The van der Waals surface area contributed by atoms with Gasteiger partial charge in [-0.25, -0.2) is 4.39 Å². The largest absolute Gasteiger partial charge is 0.368 e. The number of hydrogen-bond donors (Lipinski definition) is 1. The van der Waals surface area contributed by atoms with Crippen LogP contribution in [-0.4, -0.2) is 7.05 Å². The highest BCUT2D eigenvalue weighted by molar-refractivity contribution is 9.10. The van der Waals surface area contributed by atoms with Crippen molar-refractivity contribution in [3.8, 4) is 0 Å². The predicted octanol–water partition coefficient (Wildman–Crippen LogP) is 4.24. The first-order chi connectivity index (χ1) is 9.47. The molecule has 0 aromatic heterocycles. The second-order valence-corrected chi connectivity index (χ2v) is 5.90. The Balaban J connectivity index is 2.19. The van der Waals surface area contributed by atoms with Crippen molar-refractivity contribution in [3.63, 3.8) is 0 Å². The van der Waals surface area contributed by atoms with Crippen molar-refractivity contribution >= 4 is 21.6 Å². The zero-order valence-electron chi connectivity index (χ0n) is 11.6. The van der Waals surface area contributed by atoms with E-state index in [1.807, 2.05) is 49.2 Å². The van der Waals surface area contributed by atoms with Crippen LogP contribution < -0.4 is 10.6 Å². The molecule has 2 nitrogen and oxygen atoms in total. The van der Waals surface area contributed by atoms with E-state index in [4.69, 9.17) is 5.73 Å². The van der Waals surface area contributed by atoms with Gasteiger partial charge in [0.1, 0.15) is 5.82 Å². The van der Waals surface area contributed by atoms with Crippen LogP contribution in [0.5, 0.6) is 0 Å². The van der Waals surface area contributed by atoms with E-state index in [9.17, 15) is 4.39 Å². The molecule has 0 saturated heterocycles. The third-order valence-corrected chi connectivity index (χ3v) is 3.71. The van der Waals surface area contributed by atoms with Crippen molar-refractivity contribution < 1.29 is 4.39 Å². The fourth-order valence-electron chi connectivity index (χ4n) is 2.11. The molecule has 2 aromatic rings. The lowest BCUT2D eigenvalue weighted by atomic mass is 10.1. The normalized spacial score (nSPS) is 12.2. The first kappa shape index (κ1) is 15.0. The Morgan fingerprint density at radius 3 is 2.60 bits per heavy atom. The molecule has 106 valence electrons. The van der Waals surface area contributed by atoms with Crippen molar-refractivity contribution in [2.45, 2.75) is 19.5 Å². The third-order valence-electron chi connectivity index (χ3n) is 3.22. The summed E-state index contributed by atoms with van der Waals surface area (Å²) in [7, 11) is 1.88. The average Bonchev–Trinajstić information content (AvgIpc) is 2.38. The molecule has 1 atom stereocenters. The van der Waals surface area contributed by atoms with Crippen LogP contribution >= 0.6 is 15.9 Å². The van der Waals surface area contributed by atoms with Gasteiger partial charge in [-0.3, -0.25) is 0 Å². The maximum absolute atomic E-state index is 14.1. The zero-order valence-corrected chi connectivity index (χ0v) is 13.2. The summed E-state index contributed by atoms with van der Waals surface area (Å²) in [6.45, 7) is 2.49. The van der Waals surface area contributed by atoms with Crippen LogP contribution in [-0.2, 0) is 6.54 Å². The van der Waals surface area contributed by atoms with Gasteiger partial charge in [-0.2, -0.15) is 0 Å². The van der Waals surface area contributed by atoms with Gasteiger partial charge in [0, 0.05) is 24.1 Å². The summed E-state index contributed by atoms with van der Waals surface area (Å²) in [4.78, 5) is 1.89. The van der Waals surface area contributed by atoms with Crippen LogP contribution in [0.1, 0.15) is 24.1 Å². The monoisotopic (exact) mass is 336 g/mol. The van der Waals surface area contributed by atoms with Gasteiger partial charge in [-0.1, -0.05) is 34.1 Å². The van der Waals surface area contributed by atoms with Crippen molar-refractivity contribution in [3.05, 3.63) is 63.9 Å². The highest BCUT2D eigenvalue weighted by Gasteiger charge is 2.10. The highest BCUT2D eigenvalue weighted by Crippen LogP contribution is 2.23. The van der Waals surface area contributed by atoms with Gasteiger partial charge in [0.15, 0.2) is 0 Å². The van der Waals surface area contributed by atoms with E-state index in [-0.39, 0.29) is 11.9 Å². The Morgan fingerprint density at radius 1 is 1.25 bits per heavy atom. The molecule has 1 unspecified atom stereocenters. The molecule has 2 rings (SSSR count). The standard InChI is InChI=1S/C16H18BrFN2/c1-11(19)13-6-7-16(15(18)9-13)20(2)10-12-4-3-5-14(17)8-12/h3-9,11H,10,19H2,1-2H3. The molecule has 0 aliphatic heterocycles. The molecular weight excluding hydrogens is 319 g/mol. The summed E-state index contributed by atoms with van der Waals surface area (Å²) in [6, 6.07) is 13.0. The fourth-order valence-corrected chi connectivity index (χ4v) is 2.56. The number of benzene rings is 2. The number of nitrogens with zero attached hydrogens (tertiary/aromatic N) is 1. The SMILES string of the molecule is CC(N)c1ccc(N(C)Cc2cccc(Br)c2)c(F)c1. The highest BCUT2D eigenvalue weighted by atomic mass is 79.9. The van der Waals surface area contributed by atoms with Crippen molar-refractivity contribution in [1.29, 1.82) is 0 Å². The summed E-state index contributed by atoms with van der Waals surface area (Å²) < 4.78 is 15.2. The Kier molecular flexibility index (Phi) is 4.78. The molecule has 2 N–H and O–H groups in total. The van der Waals surface area contributed by atoms with Crippen molar-refractivity contribution in [1.82, 2.24) is 0 Å². The summed E-state index contributed by atoms with van der Waals surface area (Å²) in [6.07, 6.45) is 0. The Hall–Kier alpha value is -1.39. The lowest BCUT2D eigenvalue weighted by Crippen LogP contribution is -2.18. The van der Waals surface area contributed by atoms with Gasteiger partial charge in [0.05, 0.1) is 5.69 Å². The predicted molar refractivity (Wildman–Crippen MR) is 85.3 cm³/mol. The topological polar surface area (TPSA) is 29.3 Å². The van der Waals surface area contributed by atoms with Crippen LogP contribution in [0.2, 0.25) is 0 Å². The summed E-state index contributed by atoms with van der Waals surface area (Å²) >= 11 is 3.44. The van der Waals surface area contributed by atoms with Crippen LogP contribution in [0.25, 0.3) is 0 Å². The molecule has 0 radical (unpaired) electrons. The van der Waals surface area contributed by atoms with Crippen LogP contribution in [0.4, 0.5) is 10.1 Å². The molecule has 0 bridgehead atoms. The number of nitrogens with two attached hydrogens (primary N) is 1. The average molecular weight is 337 g/mol. The molecular formula is C16H18BrFN2. The number of anilines is 1. The van der Waals surface area contributed by atoms with Gasteiger partial charge in [-0.05, 0) is 42.3 Å². The summed E-state index contributed by atoms with van der Waals surface area (Å²) in [5.41, 5.74) is 8.27. The Bertz CT molecular complexity index is 599. The first-order valence-corrected chi connectivity index (χ1v) is 7.27. The summed E-state index contributed by atoms with van der Waals surface area (Å²) in [5, 5.41) is 0. The van der Waals surface area contributed by atoms with E-state index in [1.54, 1.807) is 6.07 Å². The van der Waals surface area contributed by atoms with Crippen LogP contribution in [0.3, 0.4) is 0 Å². The van der Waals surface area contributed by atoms with Crippen molar-refractivity contribution in [2.75, 3.05) is 11.9 Å². The third kappa shape index (κ3) is 3.58. The van der Waals surface area contributed by atoms with Gasteiger partial charge < -0.3 is 10.6 Å². The van der Waals surface area contributed by atoms with E-state index >= 15 is 0 Å². The van der Waals surface area contributed by atoms with E-state index in [1.165, 1.54) is 6.07 Å². The van der Waals surface area contributed by atoms with Gasteiger partial charge in [0.25, 0.3) is 0 Å². The Labute approximate surface area is 127 Å². The summed E-state index contributed by atoms with van der Waals surface area (Å²) in [5.74, 6) is -0.239. The Morgan fingerprint density at radius 2 is 2.00 bits per heavy atom. The van der Waals surface area contributed by atoms with Gasteiger partial charge in [0.2, 0.25) is 0 Å². The van der Waals surface area contributed by atoms with Gasteiger partial charge in [-0.15, -0.1) is 0 Å². The van der Waals surface area contributed by atoms with E-state index in [0.29, 0.717) is 12.2 Å². The molecule has 0 heterocycles.